The van der Waals surface area contributed by atoms with Crippen LogP contribution >= 0.6 is 34.0 Å². The van der Waals surface area contributed by atoms with Crippen molar-refractivity contribution in [3.05, 3.63) is 59.8 Å². The summed E-state index contributed by atoms with van der Waals surface area (Å²) in [4.78, 5) is 9.67. The molecule has 0 aliphatic heterocycles. The van der Waals surface area contributed by atoms with Gasteiger partial charge in [0.15, 0.2) is 0 Å². The van der Waals surface area contributed by atoms with Crippen molar-refractivity contribution in [3.8, 4) is 0 Å². The Hall–Kier alpha value is -1.14. The lowest BCUT2D eigenvalue weighted by molar-refractivity contribution is 0.459. The Labute approximate surface area is 248 Å². The van der Waals surface area contributed by atoms with Crippen LogP contribution < -0.4 is 10.7 Å². The van der Waals surface area contributed by atoms with Crippen molar-refractivity contribution in [2.75, 3.05) is 13.1 Å². The minimum Gasteiger partial charge on any atom is -0.354 e. The number of pyridine rings is 2. The molecule has 2 heterocycles. The number of unbranched alkanes of at least 4 members (excludes halogenated alkanes) is 4. The maximum Gasteiger partial charge on any atom is 0.0603 e. The molecule has 0 saturated heterocycles. The van der Waals surface area contributed by atoms with Gasteiger partial charge in [-0.05, 0) is 68.2 Å². The molecular weight excluding hydrogens is 588 g/mol. The smallest absolute Gasteiger partial charge is 0.0603 e. The second-order valence-corrected chi connectivity index (χ2v) is 10.2. The quantitative estimate of drug-likeness (QED) is 0.146. The minimum atomic E-state index is 0. The summed E-state index contributed by atoms with van der Waals surface area (Å²) in [5.41, 5.74) is 0. The predicted octanol–water partition coefficient (Wildman–Crippen LogP) is 8.55. The molecular formula is C31H54Br2N4. The van der Waals surface area contributed by atoms with Crippen LogP contribution in [0.5, 0.6) is 0 Å². The maximum absolute atomic E-state index is 4.83. The number of hydrogen-bond donors (Lipinski definition) is 0. The monoisotopic (exact) mass is 640 g/mol. The molecule has 0 bridgehead atoms. The van der Waals surface area contributed by atoms with Crippen molar-refractivity contribution in [1.82, 2.24) is 9.13 Å². The second kappa shape index (κ2) is 22.8. The summed E-state index contributed by atoms with van der Waals surface area (Å²) in [5.74, 6) is 1.46. The van der Waals surface area contributed by atoms with Gasteiger partial charge in [-0.2, -0.15) is 0 Å². The van der Waals surface area contributed by atoms with E-state index >= 15 is 0 Å². The summed E-state index contributed by atoms with van der Waals surface area (Å²) >= 11 is 0. The van der Waals surface area contributed by atoms with Gasteiger partial charge in [-0.1, -0.05) is 66.2 Å². The van der Waals surface area contributed by atoms with Gasteiger partial charge in [0.25, 0.3) is 0 Å². The molecule has 0 aliphatic carbocycles. The van der Waals surface area contributed by atoms with E-state index in [4.69, 9.17) is 9.98 Å². The Kier molecular flexibility index (Phi) is 22.1. The van der Waals surface area contributed by atoms with Gasteiger partial charge in [-0.3, -0.25) is 9.98 Å². The largest absolute Gasteiger partial charge is 0.354 e. The van der Waals surface area contributed by atoms with Crippen LogP contribution in [0.4, 0.5) is 0 Å². The van der Waals surface area contributed by atoms with Crippen molar-refractivity contribution in [2.45, 2.75) is 111 Å². The number of hydrogen-bond acceptors (Lipinski definition) is 2. The molecule has 2 rings (SSSR count). The standard InChI is InChI=1S/C31H52N4.2BrH/c1-5-9-14-28(7-3)26-32-30-16-22-34(23-17-30)20-12-11-13-21-35-24-18-31(19-25-35)33-27-29(8-4)15-10-6-2;;/h16-19,22-25,28-29H,5-15,20-21,26-27H2,1-4H3;2*1H. The summed E-state index contributed by atoms with van der Waals surface area (Å²) in [5, 5.41) is 2.24. The molecule has 0 spiro atoms. The van der Waals surface area contributed by atoms with Crippen LogP contribution in [0.1, 0.15) is 98.3 Å². The van der Waals surface area contributed by atoms with E-state index in [1.54, 1.807) is 0 Å². The summed E-state index contributed by atoms with van der Waals surface area (Å²) in [6.07, 6.45) is 22.7. The van der Waals surface area contributed by atoms with Crippen molar-refractivity contribution in [3.63, 3.8) is 0 Å². The Bertz CT molecular complexity index is 819. The highest BCUT2D eigenvalue weighted by molar-refractivity contribution is 8.93. The molecule has 0 amide bonds. The van der Waals surface area contributed by atoms with E-state index in [0.717, 1.165) is 48.7 Å². The molecule has 212 valence electrons. The fourth-order valence-corrected chi connectivity index (χ4v) is 4.48. The van der Waals surface area contributed by atoms with Crippen LogP contribution in [0.15, 0.2) is 59.0 Å². The normalized spacial score (nSPS) is 12.2. The predicted molar refractivity (Wildman–Crippen MR) is 171 cm³/mol. The summed E-state index contributed by atoms with van der Waals surface area (Å²) < 4.78 is 4.59. The average molecular weight is 643 g/mol. The van der Waals surface area contributed by atoms with E-state index in [1.165, 1.54) is 70.6 Å². The third-order valence-corrected chi connectivity index (χ3v) is 7.23. The molecule has 2 aromatic heterocycles. The Morgan fingerprint density at radius 2 is 0.946 bits per heavy atom. The van der Waals surface area contributed by atoms with Crippen LogP contribution in [-0.4, -0.2) is 22.2 Å². The molecule has 0 saturated carbocycles. The molecule has 37 heavy (non-hydrogen) atoms. The zero-order valence-corrected chi connectivity index (χ0v) is 27.4. The van der Waals surface area contributed by atoms with Crippen LogP contribution in [0.2, 0.25) is 0 Å². The molecule has 0 fully saturated rings. The van der Waals surface area contributed by atoms with Crippen LogP contribution in [0.3, 0.4) is 0 Å². The Morgan fingerprint density at radius 3 is 1.27 bits per heavy atom. The molecule has 0 radical (unpaired) electrons. The highest BCUT2D eigenvalue weighted by atomic mass is 79.9. The second-order valence-electron chi connectivity index (χ2n) is 10.2. The number of halogens is 2. The van der Waals surface area contributed by atoms with E-state index in [9.17, 15) is 0 Å². The van der Waals surface area contributed by atoms with Gasteiger partial charge in [-0.15, -0.1) is 34.0 Å². The molecule has 2 aromatic rings. The molecule has 4 nitrogen and oxygen atoms in total. The third-order valence-electron chi connectivity index (χ3n) is 7.23. The number of nitrogens with zero attached hydrogens (tertiary/aromatic N) is 4. The maximum atomic E-state index is 4.83. The number of aromatic nitrogens is 2. The van der Waals surface area contributed by atoms with Crippen molar-refractivity contribution >= 4 is 34.0 Å². The van der Waals surface area contributed by atoms with Crippen molar-refractivity contribution in [2.24, 2.45) is 21.8 Å². The Balaban J connectivity index is 0.00000648. The van der Waals surface area contributed by atoms with Gasteiger partial charge in [0, 0.05) is 51.0 Å². The number of rotatable bonds is 18. The molecule has 0 aliphatic rings. The summed E-state index contributed by atoms with van der Waals surface area (Å²) in [6, 6.07) is 8.67. The molecule has 0 aromatic carbocycles. The Morgan fingerprint density at radius 1 is 0.568 bits per heavy atom. The van der Waals surface area contributed by atoms with E-state index in [0.29, 0.717) is 0 Å². The van der Waals surface area contributed by atoms with Crippen LogP contribution in [-0.2, 0) is 13.1 Å². The van der Waals surface area contributed by atoms with E-state index in [1.807, 2.05) is 0 Å². The van der Waals surface area contributed by atoms with Gasteiger partial charge >= 0.3 is 0 Å². The highest BCUT2D eigenvalue weighted by Crippen LogP contribution is 2.13. The first-order valence-electron chi connectivity index (χ1n) is 14.5. The summed E-state index contributed by atoms with van der Waals surface area (Å²) in [6.45, 7) is 13.2. The lowest BCUT2D eigenvalue weighted by atomic mass is 10.00. The van der Waals surface area contributed by atoms with Crippen molar-refractivity contribution < 1.29 is 0 Å². The first-order valence-corrected chi connectivity index (χ1v) is 14.5. The zero-order valence-electron chi connectivity index (χ0n) is 24.0. The van der Waals surface area contributed by atoms with Gasteiger partial charge in [0.1, 0.15) is 0 Å². The first kappa shape index (κ1) is 35.9. The minimum absolute atomic E-state index is 0. The highest BCUT2D eigenvalue weighted by Gasteiger charge is 2.04. The SMILES string of the molecule is Br.Br.CCCCC(CC)CN=c1ccn(CCCCCn2ccc(=NCC(CC)CCCC)cc2)cc1. The van der Waals surface area contributed by atoms with E-state index < -0.39 is 0 Å². The molecule has 2 atom stereocenters. The van der Waals surface area contributed by atoms with Gasteiger partial charge < -0.3 is 9.13 Å². The first-order chi connectivity index (χ1) is 17.2. The van der Waals surface area contributed by atoms with E-state index in [-0.39, 0.29) is 34.0 Å². The fourth-order valence-electron chi connectivity index (χ4n) is 4.48. The lowest BCUT2D eigenvalue weighted by Gasteiger charge is -2.11. The van der Waals surface area contributed by atoms with E-state index in [2.05, 4.69) is 85.9 Å². The zero-order chi connectivity index (χ0) is 25.1. The van der Waals surface area contributed by atoms with Gasteiger partial charge in [0.05, 0.1) is 10.7 Å². The van der Waals surface area contributed by atoms with Crippen molar-refractivity contribution in [1.29, 1.82) is 0 Å². The van der Waals surface area contributed by atoms with Gasteiger partial charge in [0.2, 0.25) is 0 Å². The fraction of sp³-hybridized carbons (Fsp3) is 0.677. The van der Waals surface area contributed by atoms with Gasteiger partial charge in [-0.25, -0.2) is 0 Å². The van der Waals surface area contributed by atoms with Crippen LogP contribution in [0, 0.1) is 11.8 Å². The molecule has 0 N–H and O–H groups in total. The summed E-state index contributed by atoms with van der Waals surface area (Å²) in [7, 11) is 0. The third kappa shape index (κ3) is 15.8. The molecule has 6 heteroatoms. The topological polar surface area (TPSA) is 34.6 Å². The number of aryl methyl sites for hydroxylation is 2. The van der Waals surface area contributed by atoms with Crippen LogP contribution in [0.25, 0.3) is 0 Å². The lowest BCUT2D eigenvalue weighted by Crippen LogP contribution is -2.11. The molecule has 2 unspecified atom stereocenters. The average Bonchev–Trinajstić information content (AvgIpc) is 2.90.